The van der Waals surface area contributed by atoms with Crippen LogP contribution >= 0.6 is 11.3 Å². The van der Waals surface area contributed by atoms with E-state index in [4.69, 9.17) is 5.73 Å². The molecule has 2 rings (SSSR count). The van der Waals surface area contributed by atoms with Crippen LogP contribution < -0.4 is 10.6 Å². The molecule has 0 bridgehead atoms. The summed E-state index contributed by atoms with van der Waals surface area (Å²) in [4.78, 5) is 21.3. The van der Waals surface area contributed by atoms with Crippen molar-refractivity contribution in [3.63, 3.8) is 0 Å². The number of hydrogen-bond donors (Lipinski definition) is 1. The van der Waals surface area contributed by atoms with Gasteiger partial charge in [-0.25, -0.2) is 4.98 Å². The number of piperidine rings is 1. The minimum absolute atomic E-state index is 0.0392. The molecule has 1 aliphatic rings. The Labute approximate surface area is 118 Å². The molecule has 0 aromatic carbocycles. The van der Waals surface area contributed by atoms with Gasteiger partial charge in [-0.2, -0.15) is 0 Å². The molecule has 106 valence electrons. The van der Waals surface area contributed by atoms with Gasteiger partial charge >= 0.3 is 0 Å². The maximum Gasteiger partial charge on any atom is 0.267 e. The van der Waals surface area contributed by atoms with Gasteiger partial charge in [0.1, 0.15) is 10.7 Å². The Kier molecular flexibility index (Phi) is 4.29. The van der Waals surface area contributed by atoms with Crippen LogP contribution in [0.5, 0.6) is 0 Å². The molecule has 2 heterocycles. The fourth-order valence-corrected chi connectivity index (χ4v) is 3.27. The number of hydrogen-bond acceptors (Lipinski definition) is 5. The number of rotatable bonds is 3. The second-order valence-corrected chi connectivity index (χ2v) is 6.20. The lowest BCUT2D eigenvalue weighted by Crippen LogP contribution is -2.39. The van der Waals surface area contributed by atoms with Crippen molar-refractivity contribution in [1.82, 2.24) is 9.88 Å². The number of amides is 1. The van der Waals surface area contributed by atoms with Crippen molar-refractivity contribution in [2.24, 2.45) is 5.92 Å². The molecule has 5 nitrogen and oxygen atoms in total. The van der Waals surface area contributed by atoms with Crippen molar-refractivity contribution >= 4 is 28.2 Å². The Balaban J connectivity index is 2.16. The smallest absolute Gasteiger partial charge is 0.267 e. The molecule has 1 amide bonds. The Morgan fingerprint density at radius 1 is 1.63 bits per heavy atom. The van der Waals surface area contributed by atoms with E-state index in [1.54, 1.807) is 0 Å². The molecule has 0 spiro atoms. The number of nitrogens with two attached hydrogens (primary N) is 1. The standard InChI is InChI=1S/C13H22N4OS/c1-4-16(3)13-15-11(14)10(19-13)12(18)17-7-5-6-9(2)8-17/h9H,4-8,14H2,1-3H3. The second kappa shape index (κ2) is 5.77. The molecule has 2 N–H and O–H groups in total. The summed E-state index contributed by atoms with van der Waals surface area (Å²) in [6.45, 7) is 6.74. The molecule has 1 fully saturated rings. The summed E-state index contributed by atoms with van der Waals surface area (Å²) in [5.74, 6) is 0.977. The molecule has 6 heteroatoms. The zero-order valence-electron chi connectivity index (χ0n) is 11.8. The monoisotopic (exact) mass is 282 g/mol. The number of likely N-dealkylation sites (tertiary alicyclic amines) is 1. The highest BCUT2D eigenvalue weighted by atomic mass is 32.1. The molecule has 1 unspecified atom stereocenters. The second-order valence-electron chi connectivity index (χ2n) is 5.22. The number of aromatic nitrogens is 1. The van der Waals surface area contributed by atoms with Gasteiger partial charge in [0.05, 0.1) is 0 Å². The molecule has 0 saturated carbocycles. The van der Waals surface area contributed by atoms with Crippen molar-refractivity contribution in [3.05, 3.63) is 4.88 Å². The van der Waals surface area contributed by atoms with Gasteiger partial charge in [-0.15, -0.1) is 0 Å². The quantitative estimate of drug-likeness (QED) is 0.921. The Morgan fingerprint density at radius 3 is 3.00 bits per heavy atom. The number of nitrogen functional groups attached to an aromatic ring is 1. The number of anilines is 2. The normalized spacial score (nSPS) is 19.5. The first-order valence-electron chi connectivity index (χ1n) is 6.79. The predicted molar refractivity (Wildman–Crippen MR) is 79.8 cm³/mol. The third-order valence-electron chi connectivity index (χ3n) is 3.58. The molecule has 19 heavy (non-hydrogen) atoms. The van der Waals surface area contributed by atoms with Gasteiger partial charge in [-0.1, -0.05) is 18.3 Å². The summed E-state index contributed by atoms with van der Waals surface area (Å²) in [6.07, 6.45) is 2.28. The summed E-state index contributed by atoms with van der Waals surface area (Å²) in [7, 11) is 1.95. The zero-order valence-corrected chi connectivity index (χ0v) is 12.7. The van der Waals surface area contributed by atoms with E-state index in [1.807, 2.05) is 23.8 Å². The van der Waals surface area contributed by atoms with Crippen LogP contribution in [0.3, 0.4) is 0 Å². The highest BCUT2D eigenvalue weighted by Gasteiger charge is 2.26. The lowest BCUT2D eigenvalue weighted by molar-refractivity contribution is 0.0689. The minimum Gasteiger partial charge on any atom is -0.382 e. The zero-order chi connectivity index (χ0) is 14.0. The molecule has 0 radical (unpaired) electrons. The van der Waals surface area contributed by atoms with Gasteiger partial charge in [0.2, 0.25) is 0 Å². The van der Waals surface area contributed by atoms with Gasteiger partial charge < -0.3 is 15.5 Å². The first-order chi connectivity index (χ1) is 9.02. The van der Waals surface area contributed by atoms with E-state index in [0.29, 0.717) is 16.6 Å². The average Bonchev–Trinajstić information content (AvgIpc) is 2.79. The minimum atomic E-state index is 0.0392. The molecule has 1 aliphatic heterocycles. The largest absolute Gasteiger partial charge is 0.382 e. The van der Waals surface area contributed by atoms with Crippen molar-refractivity contribution in [3.8, 4) is 0 Å². The fourth-order valence-electron chi connectivity index (χ4n) is 2.29. The third kappa shape index (κ3) is 3.00. The Hall–Kier alpha value is -1.30. The van der Waals surface area contributed by atoms with E-state index in [9.17, 15) is 4.79 Å². The van der Waals surface area contributed by atoms with Gasteiger partial charge in [-0.3, -0.25) is 4.79 Å². The Bertz CT molecular complexity index is 459. The van der Waals surface area contributed by atoms with Crippen LogP contribution in [0.15, 0.2) is 0 Å². The van der Waals surface area contributed by atoms with E-state index in [-0.39, 0.29) is 5.91 Å². The van der Waals surface area contributed by atoms with Gasteiger partial charge in [-0.05, 0) is 25.7 Å². The van der Waals surface area contributed by atoms with Crippen LogP contribution in [0.4, 0.5) is 10.9 Å². The molecule has 1 atom stereocenters. The van der Waals surface area contributed by atoms with Gasteiger partial charge in [0.25, 0.3) is 5.91 Å². The number of nitrogens with zero attached hydrogens (tertiary/aromatic N) is 3. The lowest BCUT2D eigenvalue weighted by Gasteiger charge is -2.30. The van der Waals surface area contributed by atoms with Crippen LogP contribution in [-0.4, -0.2) is 42.5 Å². The first-order valence-corrected chi connectivity index (χ1v) is 7.61. The van der Waals surface area contributed by atoms with Gasteiger partial charge in [0, 0.05) is 26.7 Å². The highest BCUT2D eigenvalue weighted by Crippen LogP contribution is 2.29. The van der Waals surface area contributed by atoms with Crippen molar-refractivity contribution < 1.29 is 4.79 Å². The fraction of sp³-hybridized carbons (Fsp3) is 0.692. The highest BCUT2D eigenvalue weighted by molar-refractivity contribution is 7.18. The van der Waals surface area contributed by atoms with Crippen LogP contribution in [0.2, 0.25) is 0 Å². The molecule has 1 saturated heterocycles. The SMILES string of the molecule is CCN(C)c1nc(N)c(C(=O)N2CCCC(C)C2)s1. The van der Waals surface area contributed by atoms with Crippen molar-refractivity contribution in [2.75, 3.05) is 37.3 Å². The van der Waals surface area contributed by atoms with E-state index in [2.05, 4.69) is 11.9 Å². The summed E-state index contributed by atoms with van der Waals surface area (Å²) < 4.78 is 0. The van der Waals surface area contributed by atoms with Crippen LogP contribution in [0.1, 0.15) is 36.4 Å². The third-order valence-corrected chi connectivity index (χ3v) is 4.75. The predicted octanol–water partition coefficient (Wildman–Crippen LogP) is 2.05. The van der Waals surface area contributed by atoms with E-state index < -0.39 is 0 Å². The van der Waals surface area contributed by atoms with Crippen molar-refractivity contribution in [2.45, 2.75) is 26.7 Å². The molecule has 0 aliphatic carbocycles. The summed E-state index contributed by atoms with van der Waals surface area (Å²) in [6, 6.07) is 0. The molecular weight excluding hydrogens is 260 g/mol. The van der Waals surface area contributed by atoms with E-state index in [0.717, 1.165) is 31.2 Å². The maximum atomic E-state index is 12.5. The molecular formula is C13H22N4OS. The molecule has 1 aromatic heterocycles. The molecule has 1 aromatic rings. The van der Waals surface area contributed by atoms with Crippen molar-refractivity contribution in [1.29, 1.82) is 0 Å². The van der Waals surface area contributed by atoms with E-state index >= 15 is 0 Å². The van der Waals surface area contributed by atoms with E-state index in [1.165, 1.54) is 17.8 Å². The number of carbonyl (C=O) groups excluding carboxylic acids is 1. The van der Waals surface area contributed by atoms with Crippen LogP contribution in [-0.2, 0) is 0 Å². The van der Waals surface area contributed by atoms with Crippen LogP contribution in [0, 0.1) is 5.92 Å². The number of thiazole rings is 1. The average molecular weight is 282 g/mol. The summed E-state index contributed by atoms with van der Waals surface area (Å²) in [5.41, 5.74) is 5.90. The maximum absolute atomic E-state index is 12.5. The van der Waals surface area contributed by atoms with Gasteiger partial charge in [0.15, 0.2) is 5.13 Å². The Morgan fingerprint density at radius 2 is 2.37 bits per heavy atom. The first kappa shape index (κ1) is 14.1. The topological polar surface area (TPSA) is 62.5 Å². The summed E-state index contributed by atoms with van der Waals surface area (Å²) in [5, 5.41) is 0.813. The van der Waals surface area contributed by atoms with Crippen LogP contribution in [0.25, 0.3) is 0 Å². The summed E-state index contributed by atoms with van der Waals surface area (Å²) >= 11 is 1.39. The number of carbonyl (C=O) groups is 1. The lowest BCUT2D eigenvalue weighted by atomic mass is 10.0.